The van der Waals surface area contributed by atoms with Crippen LogP contribution in [0.15, 0.2) is 29.8 Å². The molecule has 17 heavy (non-hydrogen) atoms. The topological polar surface area (TPSA) is 71.5 Å². The van der Waals surface area contributed by atoms with Crippen LogP contribution in [0.4, 0.5) is 5.13 Å². The summed E-state index contributed by atoms with van der Waals surface area (Å²) in [6.45, 7) is 0. The molecular formula is C11H10N2O3S. The molecule has 88 valence electrons. The molecule has 0 saturated heterocycles. The number of hydrogen-bond acceptors (Lipinski definition) is 5. The summed E-state index contributed by atoms with van der Waals surface area (Å²) in [5, 5.41) is 14.4. The van der Waals surface area contributed by atoms with Gasteiger partial charge >= 0.3 is 0 Å². The molecule has 5 nitrogen and oxygen atoms in total. The minimum Gasteiger partial charge on any atom is -0.507 e. The van der Waals surface area contributed by atoms with Crippen LogP contribution in [0.2, 0.25) is 0 Å². The van der Waals surface area contributed by atoms with E-state index in [1.165, 1.54) is 30.6 Å². The molecule has 2 N–H and O–H groups in total. The number of carbonyl (C=O) groups excluding carboxylic acids is 1. The van der Waals surface area contributed by atoms with E-state index in [2.05, 4.69) is 10.3 Å². The van der Waals surface area contributed by atoms with Gasteiger partial charge in [0.2, 0.25) is 0 Å². The minimum absolute atomic E-state index is 0.0974. The lowest BCUT2D eigenvalue weighted by molar-refractivity contribution is 0.102. The van der Waals surface area contributed by atoms with Gasteiger partial charge in [0.1, 0.15) is 11.5 Å². The van der Waals surface area contributed by atoms with Gasteiger partial charge in [-0.05, 0) is 18.2 Å². The first-order valence-electron chi connectivity index (χ1n) is 4.78. The van der Waals surface area contributed by atoms with Crippen molar-refractivity contribution in [3.63, 3.8) is 0 Å². The fourth-order valence-electron chi connectivity index (χ4n) is 1.27. The average molecular weight is 250 g/mol. The highest BCUT2D eigenvalue weighted by atomic mass is 32.1. The molecule has 0 unspecified atom stereocenters. The van der Waals surface area contributed by atoms with E-state index in [4.69, 9.17) is 4.74 Å². The number of anilines is 1. The number of phenols is 1. The number of amides is 1. The highest BCUT2D eigenvalue weighted by Gasteiger charge is 2.13. The van der Waals surface area contributed by atoms with E-state index < -0.39 is 5.91 Å². The van der Waals surface area contributed by atoms with Crippen LogP contribution in [0.25, 0.3) is 0 Å². The van der Waals surface area contributed by atoms with Crippen molar-refractivity contribution in [3.8, 4) is 11.5 Å². The van der Waals surface area contributed by atoms with Gasteiger partial charge in [-0.2, -0.15) is 0 Å². The molecule has 0 spiro atoms. The lowest BCUT2D eigenvalue weighted by Gasteiger charge is -2.06. The second kappa shape index (κ2) is 4.84. The number of thiazole rings is 1. The molecular weight excluding hydrogens is 240 g/mol. The van der Waals surface area contributed by atoms with Crippen LogP contribution in [0.5, 0.6) is 11.5 Å². The monoisotopic (exact) mass is 250 g/mol. The third-order valence-corrected chi connectivity index (χ3v) is 2.79. The summed E-state index contributed by atoms with van der Waals surface area (Å²) in [5.74, 6) is -0.0108. The molecule has 2 rings (SSSR count). The van der Waals surface area contributed by atoms with Crippen molar-refractivity contribution >= 4 is 22.4 Å². The summed E-state index contributed by atoms with van der Waals surface area (Å²) in [6.07, 6.45) is 1.59. The number of aromatic hydroxyl groups is 1. The molecule has 2 aromatic rings. The van der Waals surface area contributed by atoms with Gasteiger partial charge in [0.15, 0.2) is 5.13 Å². The Morgan fingerprint density at radius 3 is 3.00 bits per heavy atom. The van der Waals surface area contributed by atoms with Crippen LogP contribution in [0, 0.1) is 0 Å². The first-order chi connectivity index (χ1) is 8.20. The quantitative estimate of drug-likeness (QED) is 0.875. The van der Waals surface area contributed by atoms with Crippen molar-refractivity contribution < 1.29 is 14.6 Å². The molecule has 0 aliphatic heterocycles. The number of methoxy groups -OCH3 is 1. The predicted octanol–water partition coefficient (Wildman–Crippen LogP) is 2.11. The minimum atomic E-state index is -0.420. The summed E-state index contributed by atoms with van der Waals surface area (Å²) in [6, 6.07) is 4.46. The molecule has 0 saturated carbocycles. The summed E-state index contributed by atoms with van der Waals surface area (Å²) in [5.41, 5.74) is 0.152. The first-order valence-corrected chi connectivity index (χ1v) is 5.66. The van der Waals surface area contributed by atoms with Crippen LogP contribution in [0.3, 0.4) is 0 Å². The summed E-state index contributed by atoms with van der Waals surface area (Å²) in [7, 11) is 1.49. The molecule has 0 bridgehead atoms. The van der Waals surface area contributed by atoms with E-state index in [1.807, 2.05) is 0 Å². The predicted molar refractivity (Wildman–Crippen MR) is 64.7 cm³/mol. The number of hydrogen-bond donors (Lipinski definition) is 2. The zero-order valence-electron chi connectivity index (χ0n) is 9.01. The van der Waals surface area contributed by atoms with Gasteiger partial charge < -0.3 is 9.84 Å². The highest BCUT2D eigenvalue weighted by molar-refractivity contribution is 7.13. The largest absolute Gasteiger partial charge is 0.507 e. The van der Waals surface area contributed by atoms with Crippen LogP contribution in [-0.2, 0) is 0 Å². The summed E-state index contributed by atoms with van der Waals surface area (Å²) >= 11 is 1.31. The van der Waals surface area contributed by atoms with Crippen molar-refractivity contribution in [2.24, 2.45) is 0 Å². The smallest absolute Gasteiger partial charge is 0.261 e. The standard InChI is InChI=1S/C11H10N2O3S/c1-16-7-2-3-9(14)8(6-7)10(15)13-11-12-4-5-17-11/h2-6,14H,1H3,(H,12,13,15). The van der Waals surface area contributed by atoms with Crippen molar-refractivity contribution in [2.75, 3.05) is 12.4 Å². The lowest BCUT2D eigenvalue weighted by atomic mass is 10.2. The maximum Gasteiger partial charge on any atom is 0.261 e. The van der Waals surface area contributed by atoms with Crippen molar-refractivity contribution in [1.82, 2.24) is 4.98 Å². The Balaban J connectivity index is 2.24. The molecule has 1 amide bonds. The Labute approximate surface area is 102 Å². The number of carbonyl (C=O) groups is 1. The van der Waals surface area contributed by atoms with Crippen molar-refractivity contribution in [2.45, 2.75) is 0 Å². The van der Waals surface area contributed by atoms with Crippen LogP contribution in [0.1, 0.15) is 10.4 Å². The third-order valence-electron chi connectivity index (χ3n) is 2.10. The number of rotatable bonds is 3. The fraction of sp³-hybridized carbons (Fsp3) is 0.0909. The Bertz CT molecular complexity index is 526. The Kier molecular flexibility index (Phi) is 3.24. The molecule has 1 heterocycles. The van der Waals surface area contributed by atoms with E-state index in [9.17, 15) is 9.90 Å². The van der Waals surface area contributed by atoms with Gasteiger partial charge in [-0.25, -0.2) is 4.98 Å². The summed E-state index contributed by atoms with van der Waals surface area (Å²) in [4.78, 5) is 15.8. The third kappa shape index (κ3) is 2.54. The van der Waals surface area contributed by atoms with Gasteiger partial charge in [0.25, 0.3) is 5.91 Å². The highest BCUT2D eigenvalue weighted by Crippen LogP contribution is 2.24. The van der Waals surface area contributed by atoms with Gasteiger partial charge in [0.05, 0.1) is 12.7 Å². The van der Waals surface area contributed by atoms with Gasteiger partial charge in [0, 0.05) is 11.6 Å². The molecule has 6 heteroatoms. The molecule has 1 aromatic heterocycles. The number of nitrogens with one attached hydrogen (secondary N) is 1. The van der Waals surface area contributed by atoms with E-state index in [0.717, 1.165) is 0 Å². The second-order valence-corrected chi connectivity index (χ2v) is 4.07. The van der Waals surface area contributed by atoms with E-state index >= 15 is 0 Å². The molecule has 1 aromatic carbocycles. The average Bonchev–Trinajstić information content (AvgIpc) is 2.82. The first kappa shape index (κ1) is 11.4. The lowest BCUT2D eigenvalue weighted by Crippen LogP contribution is -2.11. The Morgan fingerprint density at radius 2 is 2.35 bits per heavy atom. The zero-order chi connectivity index (χ0) is 12.3. The summed E-state index contributed by atoms with van der Waals surface area (Å²) < 4.78 is 4.99. The SMILES string of the molecule is COc1ccc(O)c(C(=O)Nc2nccs2)c1. The maximum absolute atomic E-state index is 11.8. The van der Waals surface area contributed by atoms with Crippen LogP contribution in [-0.4, -0.2) is 23.1 Å². The Hall–Kier alpha value is -2.08. The van der Waals surface area contributed by atoms with Gasteiger partial charge in [-0.3, -0.25) is 10.1 Å². The number of aromatic nitrogens is 1. The number of nitrogens with zero attached hydrogens (tertiary/aromatic N) is 1. The fourth-order valence-corrected chi connectivity index (χ4v) is 1.80. The zero-order valence-corrected chi connectivity index (χ0v) is 9.82. The molecule has 0 aliphatic rings. The molecule has 0 radical (unpaired) electrons. The van der Waals surface area contributed by atoms with E-state index in [1.54, 1.807) is 17.6 Å². The van der Waals surface area contributed by atoms with Crippen LogP contribution < -0.4 is 10.1 Å². The second-order valence-electron chi connectivity index (χ2n) is 3.17. The van der Waals surface area contributed by atoms with E-state index in [-0.39, 0.29) is 11.3 Å². The maximum atomic E-state index is 11.8. The number of benzene rings is 1. The molecule has 0 fully saturated rings. The number of phenolic OH excluding ortho intramolecular Hbond substituents is 1. The van der Waals surface area contributed by atoms with Crippen LogP contribution >= 0.6 is 11.3 Å². The molecule has 0 atom stereocenters. The Morgan fingerprint density at radius 1 is 1.53 bits per heavy atom. The van der Waals surface area contributed by atoms with E-state index in [0.29, 0.717) is 10.9 Å². The normalized spacial score (nSPS) is 9.94. The van der Waals surface area contributed by atoms with Crippen molar-refractivity contribution in [3.05, 3.63) is 35.3 Å². The van der Waals surface area contributed by atoms with Gasteiger partial charge in [-0.15, -0.1) is 11.3 Å². The number of ether oxygens (including phenoxy) is 1. The molecule has 0 aliphatic carbocycles. The van der Waals surface area contributed by atoms with Gasteiger partial charge in [-0.1, -0.05) is 0 Å². The van der Waals surface area contributed by atoms with Crippen molar-refractivity contribution in [1.29, 1.82) is 0 Å².